The van der Waals surface area contributed by atoms with E-state index in [9.17, 15) is 9.59 Å². The van der Waals surface area contributed by atoms with Crippen molar-refractivity contribution in [3.8, 4) is 11.1 Å². The van der Waals surface area contributed by atoms with Crippen molar-refractivity contribution in [1.29, 1.82) is 0 Å². The van der Waals surface area contributed by atoms with Crippen molar-refractivity contribution in [3.05, 3.63) is 130 Å². The van der Waals surface area contributed by atoms with E-state index in [1.165, 1.54) is 17.6 Å². The monoisotopic (exact) mass is 603 g/mol. The lowest BCUT2D eigenvalue weighted by atomic mass is 9.77. The normalized spacial score (nSPS) is 14.9. The summed E-state index contributed by atoms with van der Waals surface area (Å²) < 4.78 is 0. The molecule has 1 N–H and O–H groups in total. The van der Waals surface area contributed by atoms with Crippen molar-refractivity contribution in [2.45, 2.75) is 72.1 Å². The number of hydrogen-bond donors (Lipinski definition) is 1. The molecule has 0 saturated heterocycles. The molecule has 0 unspecified atom stereocenters. The maximum Gasteiger partial charge on any atom is 0.232 e. The van der Waals surface area contributed by atoms with Crippen LogP contribution in [0.3, 0.4) is 0 Å². The number of rotatable bonds is 10. The van der Waals surface area contributed by atoms with Gasteiger partial charge in [-0.05, 0) is 108 Å². The summed E-state index contributed by atoms with van der Waals surface area (Å²) in [6, 6.07) is 30.1. The zero-order valence-electron chi connectivity index (χ0n) is 26.3. The number of halogens is 1. The summed E-state index contributed by atoms with van der Waals surface area (Å²) in [6.07, 6.45) is 7.62. The SMILES string of the molecule is CCCC(=O)c1ccc(C[C@H](C(=O)Nc2ccc(-c3ccc(Cl)cc3C)cc2)c2ccc(C3=CCC(C)(C)CC3)cc2)cc1. The van der Waals surface area contributed by atoms with Crippen LogP contribution in [0.5, 0.6) is 0 Å². The second-order valence-corrected chi connectivity index (χ2v) is 13.3. The van der Waals surface area contributed by atoms with Gasteiger partial charge in [-0.15, -0.1) is 0 Å². The maximum absolute atomic E-state index is 13.9. The van der Waals surface area contributed by atoms with Gasteiger partial charge in [-0.25, -0.2) is 0 Å². The van der Waals surface area contributed by atoms with Gasteiger partial charge >= 0.3 is 0 Å². The molecule has 226 valence electrons. The van der Waals surface area contributed by atoms with Crippen LogP contribution in [0, 0.1) is 12.3 Å². The first kappa shape index (κ1) is 31.5. The van der Waals surface area contributed by atoms with Crippen molar-refractivity contribution in [3.63, 3.8) is 0 Å². The standard InChI is InChI=1S/C40H42ClNO2/c1-5-6-38(43)33-9-7-28(8-10-33)26-37(32-13-11-29(12-14-32)30-21-23-40(3,4)24-22-30)39(44)42-35-18-15-31(16-19-35)36-20-17-34(41)25-27(36)2/h7-21,25,37H,5-6,22-24,26H2,1-4H3,(H,42,44)/t37-/m0/s1. The Morgan fingerprint density at radius 3 is 2.18 bits per heavy atom. The first-order chi connectivity index (χ1) is 21.1. The summed E-state index contributed by atoms with van der Waals surface area (Å²) in [5.74, 6) is -0.293. The zero-order valence-corrected chi connectivity index (χ0v) is 27.0. The molecule has 3 nitrogen and oxygen atoms in total. The average Bonchev–Trinajstić information content (AvgIpc) is 3.01. The Labute approximate surface area is 267 Å². The van der Waals surface area contributed by atoms with Crippen molar-refractivity contribution in [2.75, 3.05) is 5.32 Å². The number of aryl methyl sites for hydroxylation is 1. The fourth-order valence-corrected chi connectivity index (χ4v) is 6.20. The molecule has 44 heavy (non-hydrogen) atoms. The molecule has 4 heteroatoms. The fourth-order valence-electron chi connectivity index (χ4n) is 5.98. The number of ketones is 1. The quantitative estimate of drug-likeness (QED) is 0.183. The smallest absolute Gasteiger partial charge is 0.232 e. The van der Waals surface area contributed by atoms with Gasteiger partial charge in [0, 0.05) is 22.7 Å². The molecule has 0 bridgehead atoms. The van der Waals surface area contributed by atoms with Crippen molar-refractivity contribution in [1.82, 2.24) is 0 Å². The fraction of sp³-hybridized carbons (Fsp3) is 0.300. The van der Waals surface area contributed by atoms with E-state index < -0.39 is 5.92 Å². The van der Waals surface area contributed by atoms with Gasteiger partial charge in [-0.3, -0.25) is 9.59 Å². The molecule has 4 aromatic carbocycles. The van der Waals surface area contributed by atoms with Crippen LogP contribution in [0.15, 0.2) is 97.1 Å². The number of hydrogen-bond acceptors (Lipinski definition) is 2. The number of Topliss-reactive ketones (excluding diaryl/α,β-unsaturated/α-hetero) is 1. The van der Waals surface area contributed by atoms with E-state index >= 15 is 0 Å². The molecule has 0 heterocycles. The van der Waals surface area contributed by atoms with E-state index in [1.807, 2.05) is 80.6 Å². The predicted molar refractivity (Wildman–Crippen MR) is 184 cm³/mol. The van der Waals surface area contributed by atoms with E-state index in [0.29, 0.717) is 18.3 Å². The summed E-state index contributed by atoms with van der Waals surface area (Å²) in [6.45, 7) is 8.71. The molecule has 1 aliphatic carbocycles. The highest BCUT2D eigenvalue weighted by molar-refractivity contribution is 6.30. The molecule has 0 fully saturated rings. The number of benzene rings is 4. The second-order valence-electron chi connectivity index (χ2n) is 12.9. The zero-order chi connectivity index (χ0) is 31.3. The summed E-state index contributed by atoms with van der Waals surface area (Å²) in [7, 11) is 0. The minimum atomic E-state index is -0.390. The maximum atomic E-state index is 13.9. The lowest BCUT2D eigenvalue weighted by molar-refractivity contribution is -0.117. The average molecular weight is 604 g/mol. The molecule has 1 amide bonds. The third-order valence-electron chi connectivity index (χ3n) is 8.82. The number of nitrogens with one attached hydrogen (secondary N) is 1. The van der Waals surface area contributed by atoms with E-state index in [-0.39, 0.29) is 11.7 Å². The summed E-state index contributed by atoms with van der Waals surface area (Å²) in [5.41, 5.74) is 9.74. The molecule has 0 saturated carbocycles. The number of amides is 1. The van der Waals surface area contributed by atoms with Gasteiger partial charge in [0.05, 0.1) is 5.92 Å². The Morgan fingerprint density at radius 2 is 1.57 bits per heavy atom. The lowest BCUT2D eigenvalue weighted by Crippen LogP contribution is -2.23. The summed E-state index contributed by atoms with van der Waals surface area (Å²) in [5, 5.41) is 3.89. The van der Waals surface area contributed by atoms with Crippen molar-refractivity contribution in [2.24, 2.45) is 5.41 Å². The van der Waals surface area contributed by atoms with Gasteiger partial charge in [0.1, 0.15) is 0 Å². The van der Waals surface area contributed by atoms with Crippen LogP contribution in [0.2, 0.25) is 5.02 Å². The van der Waals surface area contributed by atoms with Gasteiger partial charge in [0.2, 0.25) is 5.91 Å². The topological polar surface area (TPSA) is 46.2 Å². The largest absolute Gasteiger partial charge is 0.326 e. The van der Waals surface area contributed by atoms with Gasteiger partial charge in [-0.1, -0.05) is 105 Å². The molecule has 0 radical (unpaired) electrons. The van der Waals surface area contributed by atoms with Crippen molar-refractivity contribution < 1.29 is 9.59 Å². The second kappa shape index (κ2) is 13.8. The molecule has 4 aromatic rings. The molecular weight excluding hydrogens is 562 g/mol. The third-order valence-corrected chi connectivity index (χ3v) is 9.05. The summed E-state index contributed by atoms with van der Waals surface area (Å²) in [4.78, 5) is 26.3. The molecule has 1 aliphatic rings. The van der Waals surface area contributed by atoms with E-state index in [1.54, 1.807) is 0 Å². The first-order valence-corrected chi connectivity index (χ1v) is 16.1. The molecule has 5 rings (SSSR count). The minimum Gasteiger partial charge on any atom is -0.326 e. The van der Waals surface area contributed by atoms with Crippen LogP contribution in [0.4, 0.5) is 5.69 Å². The van der Waals surface area contributed by atoms with Crippen LogP contribution < -0.4 is 5.32 Å². The van der Waals surface area contributed by atoms with Crippen LogP contribution in [-0.4, -0.2) is 11.7 Å². The third kappa shape index (κ3) is 7.76. The molecule has 0 spiro atoms. The van der Waals surface area contributed by atoms with Gasteiger partial charge in [0.25, 0.3) is 0 Å². The molecule has 0 aromatic heterocycles. The Morgan fingerprint density at radius 1 is 0.886 bits per heavy atom. The molecular formula is C40H42ClNO2. The highest BCUT2D eigenvalue weighted by Gasteiger charge is 2.24. The Balaban J connectivity index is 1.38. The van der Waals surface area contributed by atoms with E-state index in [2.05, 4.69) is 49.5 Å². The van der Waals surface area contributed by atoms with Crippen LogP contribution >= 0.6 is 11.6 Å². The van der Waals surface area contributed by atoms with Crippen molar-refractivity contribution >= 4 is 34.6 Å². The van der Waals surface area contributed by atoms with Gasteiger partial charge < -0.3 is 5.32 Å². The highest BCUT2D eigenvalue weighted by atomic mass is 35.5. The van der Waals surface area contributed by atoms with Gasteiger partial charge in [-0.2, -0.15) is 0 Å². The highest BCUT2D eigenvalue weighted by Crippen LogP contribution is 2.38. The van der Waals surface area contributed by atoms with Crippen LogP contribution in [0.25, 0.3) is 16.7 Å². The predicted octanol–water partition coefficient (Wildman–Crippen LogP) is 10.9. The lowest BCUT2D eigenvalue weighted by Gasteiger charge is -2.28. The number of allylic oxidation sites excluding steroid dienone is 2. The Bertz CT molecular complexity index is 1650. The summed E-state index contributed by atoms with van der Waals surface area (Å²) >= 11 is 6.15. The minimum absolute atomic E-state index is 0.0575. The number of carbonyl (C=O) groups is 2. The number of anilines is 1. The van der Waals surface area contributed by atoms with E-state index in [0.717, 1.165) is 63.4 Å². The Hall–Kier alpha value is -3.95. The van der Waals surface area contributed by atoms with Gasteiger partial charge in [0.15, 0.2) is 5.78 Å². The number of carbonyl (C=O) groups excluding carboxylic acids is 2. The Kier molecular flexibility index (Phi) is 9.86. The molecule has 0 aliphatic heterocycles. The molecule has 1 atom stereocenters. The van der Waals surface area contributed by atoms with Crippen LogP contribution in [0.1, 0.15) is 91.4 Å². The van der Waals surface area contributed by atoms with E-state index in [4.69, 9.17) is 11.6 Å². The first-order valence-electron chi connectivity index (χ1n) is 15.7. The van der Waals surface area contributed by atoms with Crippen LogP contribution in [-0.2, 0) is 11.2 Å².